The van der Waals surface area contributed by atoms with Crippen LogP contribution in [0, 0.1) is 35.5 Å². The zero-order valence-corrected chi connectivity index (χ0v) is 39.4. The Morgan fingerprint density at radius 2 is 1.53 bits per heavy atom. The Bertz CT molecular complexity index is 1470. The number of ether oxygens (including phenoxy) is 2. The third-order valence-corrected chi connectivity index (χ3v) is 12.9. The number of amides is 3. The van der Waals surface area contributed by atoms with Crippen molar-refractivity contribution in [2.24, 2.45) is 35.5 Å². The van der Waals surface area contributed by atoms with E-state index in [1.807, 2.05) is 51.2 Å². The fourth-order valence-electron chi connectivity index (χ4n) is 9.22. The first-order valence-electron chi connectivity index (χ1n) is 22.7. The molecule has 12 heteroatoms. The first kappa shape index (κ1) is 52.8. The minimum Gasteiger partial charge on any atom is -0.480 e. The molecule has 1 aromatic carbocycles. The van der Waals surface area contributed by atoms with Crippen LogP contribution in [-0.4, -0.2) is 127 Å². The highest BCUT2D eigenvalue weighted by molar-refractivity contribution is 5.90. The number of hydrogen-bond donors (Lipinski definition) is 2. The standard InChI is InChI=1S/C48H82N4O8/c1-14-34(8)44(51(11)47(56)37(32(4)5)29-40(53)43(33(6)7)50(10)26-20-16-17-22-31(2)3)41(59-12)30-42(54)52-27-21-25-39(52)45(60-13)35(9)46(55)49-38(48(57)58)28-36-23-18-15-19-24-36/h15,18-19,23-24,31-35,37-39,41,43-45H,14,16-17,20-22,25-30H2,1-13H3,(H,49,55)(H,57,58)/t34-,35+,37-,38-,39-,41+,43-,44-,45+/m0/s1. The SMILES string of the molecule is CC[C@H](C)[C@@H]([C@@H](CC(=O)N1CCC[C@H]1[C@H](OC)[C@@H](C)C(=O)N[C@@H](Cc1ccccc1)C(=O)O)OC)N(C)C(=O)[C@@H](CC(=O)[C@H](C(C)C)N(C)CCCCCC(C)C)C(C)C. The number of benzene rings is 1. The molecule has 1 aliphatic heterocycles. The Morgan fingerprint density at radius 1 is 0.883 bits per heavy atom. The molecule has 1 fully saturated rings. The number of carbonyl (C=O) groups is 5. The van der Waals surface area contributed by atoms with Crippen molar-refractivity contribution < 1.29 is 38.6 Å². The van der Waals surface area contributed by atoms with E-state index in [1.54, 1.807) is 30.9 Å². The smallest absolute Gasteiger partial charge is 0.326 e. The second-order valence-electron chi connectivity index (χ2n) is 18.6. The molecule has 342 valence electrons. The van der Waals surface area contributed by atoms with Crippen LogP contribution in [0.1, 0.15) is 126 Å². The molecule has 0 aliphatic carbocycles. The maximum Gasteiger partial charge on any atom is 0.326 e. The zero-order chi connectivity index (χ0) is 45.3. The summed E-state index contributed by atoms with van der Waals surface area (Å²) in [6.07, 6.45) is 5.61. The summed E-state index contributed by atoms with van der Waals surface area (Å²) in [6.45, 7) is 19.8. The van der Waals surface area contributed by atoms with Crippen LogP contribution in [0.2, 0.25) is 0 Å². The number of carboxylic acid groups (broad SMARTS) is 1. The Morgan fingerprint density at radius 3 is 2.07 bits per heavy atom. The Labute approximate surface area is 362 Å². The minimum atomic E-state index is -1.13. The number of unbranched alkanes of at least 4 members (excludes halogenated alkanes) is 2. The molecular weight excluding hydrogens is 761 g/mol. The molecule has 1 heterocycles. The van der Waals surface area contributed by atoms with E-state index in [-0.39, 0.29) is 60.7 Å². The lowest BCUT2D eigenvalue weighted by Crippen LogP contribution is -2.55. The van der Waals surface area contributed by atoms with Crippen molar-refractivity contribution >= 4 is 29.5 Å². The van der Waals surface area contributed by atoms with Crippen molar-refractivity contribution in [3.8, 4) is 0 Å². The van der Waals surface area contributed by atoms with Crippen molar-refractivity contribution in [2.75, 3.05) is 41.4 Å². The molecular formula is C48H82N4O8. The van der Waals surface area contributed by atoms with Gasteiger partial charge < -0.3 is 29.7 Å². The van der Waals surface area contributed by atoms with E-state index in [4.69, 9.17) is 9.47 Å². The molecule has 2 rings (SSSR count). The lowest BCUT2D eigenvalue weighted by molar-refractivity contribution is -0.149. The van der Waals surface area contributed by atoms with E-state index in [0.717, 1.165) is 37.8 Å². The maximum atomic E-state index is 14.6. The van der Waals surface area contributed by atoms with Gasteiger partial charge in [-0.25, -0.2) is 4.79 Å². The number of likely N-dealkylation sites (N-methyl/N-ethyl adjacent to an activating group) is 2. The van der Waals surface area contributed by atoms with Gasteiger partial charge in [-0.15, -0.1) is 0 Å². The molecule has 0 unspecified atom stereocenters. The van der Waals surface area contributed by atoms with Crippen LogP contribution >= 0.6 is 0 Å². The van der Waals surface area contributed by atoms with Crippen LogP contribution in [0.3, 0.4) is 0 Å². The Balaban J connectivity index is 2.24. The number of methoxy groups -OCH3 is 2. The number of carbonyl (C=O) groups excluding carboxylic acids is 4. The first-order chi connectivity index (χ1) is 28.3. The summed E-state index contributed by atoms with van der Waals surface area (Å²) in [6, 6.07) is 6.88. The molecule has 12 nitrogen and oxygen atoms in total. The number of nitrogens with one attached hydrogen (secondary N) is 1. The van der Waals surface area contributed by atoms with Gasteiger partial charge in [0.1, 0.15) is 6.04 Å². The van der Waals surface area contributed by atoms with Crippen LogP contribution in [0.15, 0.2) is 30.3 Å². The van der Waals surface area contributed by atoms with Crippen molar-refractivity contribution in [3.63, 3.8) is 0 Å². The number of aliphatic carboxylic acids is 1. The van der Waals surface area contributed by atoms with Crippen LogP contribution in [0.25, 0.3) is 0 Å². The third-order valence-electron chi connectivity index (χ3n) is 12.9. The van der Waals surface area contributed by atoms with Crippen LogP contribution in [0.4, 0.5) is 0 Å². The number of hydrogen-bond acceptors (Lipinski definition) is 8. The molecule has 1 saturated heterocycles. The quantitative estimate of drug-likeness (QED) is 0.0843. The second-order valence-corrected chi connectivity index (χ2v) is 18.6. The zero-order valence-electron chi connectivity index (χ0n) is 39.4. The van der Waals surface area contributed by atoms with E-state index in [1.165, 1.54) is 20.0 Å². The predicted octanol–water partition coefficient (Wildman–Crippen LogP) is 7.12. The second kappa shape index (κ2) is 26.2. The van der Waals surface area contributed by atoms with Gasteiger partial charge in [-0.1, -0.05) is 118 Å². The Hall–Kier alpha value is -3.35. The summed E-state index contributed by atoms with van der Waals surface area (Å²) in [7, 11) is 6.89. The molecule has 9 atom stereocenters. The molecule has 1 aliphatic rings. The molecule has 2 N–H and O–H groups in total. The number of carboxylic acids is 1. The lowest BCUT2D eigenvalue weighted by Gasteiger charge is -2.41. The average molecular weight is 843 g/mol. The number of likely N-dealkylation sites (tertiary alicyclic amines) is 1. The van der Waals surface area contributed by atoms with Crippen molar-refractivity contribution in [3.05, 3.63) is 35.9 Å². The largest absolute Gasteiger partial charge is 0.480 e. The summed E-state index contributed by atoms with van der Waals surface area (Å²) in [5, 5.41) is 12.6. The van der Waals surface area contributed by atoms with E-state index < -0.39 is 54.0 Å². The summed E-state index contributed by atoms with van der Waals surface area (Å²) >= 11 is 0. The van der Waals surface area contributed by atoms with Crippen molar-refractivity contribution in [1.29, 1.82) is 0 Å². The lowest BCUT2D eigenvalue weighted by atomic mass is 9.83. The molecule has 3 amide bonds. The maximum absolute atomic E-state index is 14.6. The summed E-state index contributed by atoms with van der Waals surface area (Å²) in [5.41, 5.74) is 0.791. The van der Waals surface area contributed by atoms with E-state index >= 15 is 0 Å². The molecule has 0 spiro atoms. The number of ketones is 1. The molecule has 60 heavy (non-hydrogen) atoms. The van der Waals surface area contributed by atoms with Crippen LogP contribution < -0.4 is 5.32 Å². The highest BCUT2D eigenvalue weighted by Gasteiger charge is 2.43. The monoisotopic (exact) mass is 843 g/mol. The van der Waals surface area contributed by atoms with Gasteiger partial charge in [-0.3, -0.25) is 24.1 Å². The molecule has 0 aromatic heterocycles. The fourth-order valence-corrected chi connectivity index (χ4v) is 9.22. The molecule has 0 saturated carbocycles. The van der Waals surface area contributed by atoms with Crippen LogP contribution in [0.5, 0.6) is 0 Å². The van der Waals surface area contributed by atoms with Crippen LogP contribution in [-0.2, 0) is 39.9 Å². The molecule has 0 bridgehead atoms. The summed E-state index contributed by atoms with van der Waals surface area (Å²) < 4.78 is 12.0. The molecule has 1 aromatic rings. The van der Waals surface area contributed by atoms with E-state index in [0.29, 0.717) is 18.9 Å². The van der Waals surface area contributed by atoms with Gasteiger partial charge in [0.15, 0.2) is 5.78 Å². The topological polar surface area (TPSA) is 146 Å². The van der Waals surface area contributed by atoms with Crippen molar-refractivity contribution in [2.45, 2.75) is 163 Å². The highest BCUT2D eigenvalue weighted by Crippen LogP contribution is 2.31. The summed E-state index contributed by atoms with van der Waals surface area (Å²) in [4.78, 5) is 74.3. The highest BCUT2D eigenvalue weighted by atomic mass is 16.5. The van der Waals surface area contributed by atoms with Gasteiger partial charge in [-0.05, 0) is 62.1 Å². The predicted molar refractivity (Wildman–Crippen MR) is 238 cm³/mol. The number of Topliss-reactive ketones (excluding diaryl/α,β-unsaturated/α-hetero) is 1. The summed E-state index contributed by atoms with van der Waals surface area (Å²) in [5.74, 6) is -2.40. The first-order valence-corrected chi connectivity index (χ1v) is 22.7. The third kappa shape index (κ3) is 15.5. The fraction of sp³-hybridized carbons (Fsp3) is 0.771. The van der Waals surface area contributed by atoms with E-state index in [9.17, 15) is 29.1 Å². The van der Waals surface area contributed by atoms with E-state index in [2.05, 4.69) is 51.8 Å². The van der Waals surface area contributed by atoms with Crippen molar-refractivity contribution in [1.82, 2.24) is 20.0 Å². The Kier molecular flexibility index (Phi) is 23.0. The minimum absolute atomic E-state index is 0.0114. The normalized spacial score (nSPS) is 18.6. The average Bonchev–Trinajstić information content (AvgIpc) is 3.68. The number of nitrogens with zero attached hydrogens (tertiary/aromatic N) is 3. The van der Waals surface area contributed by atoms with Gasteiger partial charge in [0, 0.05) is 46.6 Å². The van der Waals surface area contributed by atoms with Gasteiger partial charge in [0.2, 0.25) is 17.7 Å². The van der Waals surface area contributed by atoms with Gasteiger partial charge in [0.25, 0.3) is 0 Å². The van der Waals surface area contributed by atoms with Gasteiger partial charge in [0.05, 0.1) is 42.7 Å². The molecule has 0 radical (unpaired) electrons. The number of rotatable bonds is 28. The van der Waals surface area contributed by atoms with Gasteiger partial charge >= 0.3 is 5.97 Å². The van der Waals surface area contributed by atoms with Gasteiger partial charge in [-0.2, -0.15) is 0 Å².